The molecule has 2 aliphatic rings. The molecule has 0 aromatic heterocycles. The second kappa shape index (κ2) is 8.55. The quantitative estimate of drug-likeness (QED) is 0.423. The Kier molecular flexibility index (Phi) is 5.95. The zero-order valence-corrected chi connectivity index (χ0v) is 19.2. The van der Waals surface area contributed by atoms with Gasteiger partial charge in [-0.15, -0.1) is 0 Å². The van der Waals surface area contributed by atoms with Crippen molar-refractivity contribution in [1.29, 1.82) is 0 Å². The highest BCUT2D eigenvalue weighted by Crippen LogP contribution is 2.40. The summed E-state index contributed by atoms with van der Waals surface area (Å²) in [7, 11) is 0. The summed E-state index contributed by atoms with van der Waals surface area (Å²) in [6.45, 7) is 9.39. The van der Waals surface area contributed by atoms with Gasteiger partial charge in [-0.25, -0.2) is 0 Å². The fourth-order valence-corrected chi connectivity index (χ4v) is 4.45. The number of rotatable bonds is 4. The summed E-state index contributed by atoms with van der Waals surface area (Å²) in [5.74, 6) is -1.37. The third-order valence-electron chi connectivity index (χ3n) is 6.38. The zero-order valence-electron chi connectivity index (χ0n) is 19.2. The number of ether oxygens (including phenoxy) is 1. The Bertz CT molecular complexity index is 1040. The number of aliphatic hydroxyl groups is 1. The van der Waals surface area contributed by atoms with E-state index in [9.17, 15) is 14.7 Å². The van der Waals surface area contributed by atoms with Crippen LogP contribution < -0.4 is 0 Å². The van der Waals surface area contributed by atoms with Gasteiger partial charge in [0.05, 0.1) is 17.7 Å². The molecule has 0 aliphatic carbocycles. The zero-order chi connectivity index (χ0) is 23.0. The molecule has 0 spiro atoms. The lowest BCUT2D eigenvalue weighted by atomic mass is 9.85. The number of nitrogens with zero attached hydrogens (tertiary/aromatic N) is 1. The SMILES string of the molecule is Cc1ccc(C(O)=C2C(=O)C(=O)N(C[C@H]3CCCO3)[C@@H]2c2ccc(C(C)(C)C)cc2)cc1. The summed E-state index contributed by atoms with van der Waals surface area (Å²) in [5.41, 5.74) is 3.68. The van der Waals surface area contributed by atoms with Crippen LogP contribution in [-0.2, 0) is 19.7 Å². The second-order valence-corrected chi connectivity index (χ2v) is 9.82. The maximum Gasteiger partial charge on any atom is 0.295 e. The first kappa shape index (κ1) is 22.3. The Morgan fingerprint density at radius 2 is 1.72 bits per heavy atom. The predicted molar refractivity (Wildman–Crippen MR) is 124 cm³/mol. The third kappa shape index (κ3) is 4.22. The van der Waals surface area contributed by atoms with Crippen LogP contribution in [0.2, 0.25) is 0 Å². The first-order valence-corrected chi connectivity index (χ1v) is 11.2. The minimum Gasteiger partial charge on any atom is -0.507 e. The average molecular weight is 434 g/mol. The molecule has 32 heavy (non-hydrogen) atoms. The van der Waals surface area contributed by atoms with Crippen molar-refractivity contribution >= 4 is 17.4 Å². The molecule has 0 bridgehead atoms. The number of hydrogen-bond acceptors (Lipinski definition) is 4. The van der Waals surface area contributed by atoms with Gasteiger partial charge in [-0.2, -0.15) is 0 Å². The Hall–Kier alpha value is -2.92. The number of benzene rings is 2. The standard InChI is InChI=1S/C27H31NO4/c1-17-7-9-19(10-8-17)24(29)22-23(18-11-13-20(14-12-18)27(2,3)4)28(26(31)25(22)30)16-21-6-5-15-32-21/h7-14,21,23,29H,5-6,15-16H2,1-4H3/t21-,23-/m1/s1. The van der Waals surface area contributed by atoms with Crippen LogP contribution in [0.15, 0.2) is 54.1 Å². The number of ketones is 1. The summed E-state index contributed by atoms with van der Waals surface area (Å²) in [5, 5.41) is 11.1. The van der Waals surface area contributed by atoms with Crippen molar-refractivity contribution < 1.29 is 19.4 Å². The van der Waals surface area contributed by atoms with E-state index < -0.39 is 17.7 Å². The summed E-state index contributed by atoms with van der Waals surface area (Å²) < 4.78 is 5.76. The molecule has 5 nitrogen and oxygen atoms in total. The number of carbonyl (C=O) groups is 2. The lowest BCUT2D eigenvalue weighted by Crippen LogP contribution is -2.36. The van der Waals surface area contributed by atoms with Crippen LogP contribution in [0.4, 0.5) is 0 Å². The Morgan fingerprint density at radius 3 is 2.28 bits per heavy atom. The molecule has 2 atom stereocenters. The Morgan fingerprint density at radius 1 is 1.06 bits per heavy atom. The Labute approximate surface area is 189 Å². The number of likely N-dealkylation sites (tertiary alicyclic amines) is 1. The van der Waals surface area contributed by atoms with Crippen LogP contribution in [0.25, 0.3) is 5.76 Å². The van der Waals surface area contributed by atoms with E-state index in [4.69, 9.17) is 4.74 Å². The number of carbonyl (C=O) groups excluding carboxylic acids is 2. The fourth-order valence-electron chi connectivity index (χ4n) is 4.45. The molecule has 2 saturated heterocycles. The molecule has 168 valence electrons. The van der Waals surface area contributed by atoms with Crippen molar-refractivity contribution in [3.8, 4) is 0 Å². The summed E-state index contributed by atoms with van der Waals surface area (Å²) in [4.78, 5) is 27.8. The molecule has 4 rings (SSSR count). The van der Waals surface area contributed by atoms with E-state index in [1.807, 2.05) is 43.3 Å². The highest BCUT2D eigenvalue weighted by atomic mass is 16.5. The van der Waals surface area contributed by atoms with Crippen LogP contribution in [-0.4, -0.2) is 41.0 Å². The smallest absolute Gasteiger partial charge is 0.295 e. The van der Waals surface area contributed by atoms with Crippen LogP contribution in [0.3, 0.4) is 0 Å². The van der Waals surface area contributed by atoms with Crippen LogP contribution >= 0.6 is 0 Å². The first-order valence-electron chi connectivity index (χ1n) is 11.2. The van der Waals surface area contributed by atoms with Crippen LogP contribution in [0, 0.1) is 6.92 Å². The third-order valence-corrected chi connectivity index (χ3v) is 6.38. The number of hydrogen-bond donors (Lipinski definition) is 1. The second-order valence-electron chi connectivity index (χ2n) is 9.82. The Balaban J connectivity index is 1.81. The molecule has 1 amide bonds. The van der Waals surface area contributed by atoms with Gasteiger partial charge in [0.1, 0.15) is 5.76 Å². The first-order chi connectivity index (χ1) is 15.2. The molecule has 0 unspecified atom stereocenters. The molecule has 1 N–H and O–H groups in total. The minimum atomic E-state index is -0.647. The number of Topliss-reactive ketones (excluding diaryl/α,β-unsaturated/α-hetero) is 1. The lowest BCUT2D eigenvalue weighted by Gasteiger charge is -2.28. The number of aryl methyl sites for hydroxylation is 1. The highest BCUT2D eigenvalue weighted by molar-refractivity contribution is 6.46. The molecule has 2 aliphatic heterocycles. The van der Waals surface area contributed by atoms with Crippen molar-refractivity contribution in [2.24, 2.45) is 0 Å². The van der Waals surface area contributed by atoms with Gasteiger partial charge in [0.15, 0.2) is 0 Å². The van der Waals surface area contributed by atoms with Gasteiger partial charge in [-0.05, 0) is 36.3 Å². The topological polar surface area (TPSA) is 66.8 Å². The molecular formula is C27H31NO4. The summed E-state index contributed by atoms with van der Waals surface area (Å²) in [6, 6.07) is 14.7. The largest absolute Gasteiger partial charge is 0.507 e. The maximum atomic E-state index is 13.1. The van der Waals surface area contributed by atoms with E-state index in [1.54, 1.807) is 17.0 Å². The van der Waals surface area contributed by atoms with Crippen molar-refractivity contribution in [3.05, 3.63) is 76.4 Å². The van der Waals surface area contributed by atoms with Gasteiger partial charge in [-0.1, -0.05) is 74.9 Å². The predicted octanol–water partition coefficient (Wildman–Crippen LogP) is 4.89. The summed E-state index contributed by atoms with van der Waals surface area (Å²) in [6.07, 6.45) is 1.71. The van der Waals surface area contributed by atoms with Crippen molar-refractivity contribution in [1.82, 2.24) is 4.90 Å². The van der Waals surface area contributed by atoms with Crippen molar-refractivity contribution in [2.75, 3.05) is 13.2 Å². The van der Waals surface area contributed by atoms with Gasteiger partial charge in [-0.3, -0.25) is 9.59 Å². The molecule has 2 aromatic carbocycles. The van der Waals surface area contributed by atoms with Crippen molar-refractivity contribution in [2.45, 2.75) is 58.1 Å². The maximum absolute atomic E-state index is 13.1. The average Bonchev–Trinajstić information content (AvgIpc) is 3.36. The monoisotopic (exact) mass is 433 g/mol. The van der Waals surface area contributed by atoms with Gasteiger partial charge < -0.3 is 14.7 Å². The van der Waals surface area contributed by atoms with E-state index >= 15 is 0 Å². The molecular weight excluding hydrogens is 402 g/mol. The van der Waals surface area contributed by atoms with E-state index in [0.717, 1.165) is 29.5 Å². The van der Waals surface area contributed by atoms with Crippen molar-refractivity contribution in [3.63, 3.8) is 0 Å². The normalized spacial score (nSPS) is 23.2. The lowest BCUT2D eigenvalue weighted by molar-refractivity contribution is -0.140. The van der Waals surface area contributed by atoms with Gasteiger partial charge in [0.2, 0.25) is 0 Å². The van der Waals surface area contributed by atoms with Crippen LogP contribution in [0.1, 0.15) is 61.9 Å². The van der Waals surface area contributed by atoms with E-state index in [-0.39, 0.29) is 22.9 Å². The van der Waals surface area contributed by atoms with E-state index in [2.05, 4.69) is 20.8 Å². The molecule has 2 aromatic rings. The van der Waals surface area contributed by atoms with E-state index in [0.29, 0.717) is 18.7 Å². The highest BCUT2D eigenvalue weighted by Gasteiger charge is 2.47. The molecule has 2 heterocycles. The molecule has 0 radical (unpaired) electrons. The number of amides is 1. The minimum absolute atomic E-state index is 0.0140. The van der Waals surface area contributed by atoms with Gasteiger partial charge >= 0.3 is 0 Å². The summed E-state index contributed by atoms with van der Waals surface area (Å²) >= 11 is 0. The molecule has 5 heteroatoms. The van der Waals surface area contributed by atoms with Gasteiger partial charge in [0, 0.05) is 18.7 Å². The fraction of sp³-hybridized carbons (Fsp3) is 0.407. The molecule has 2 fully saturated rings. The van der Waals surface area contributed by atoms with Gasteiger partial charge in [0.25, 0.3) is 11.7 Å². The number of aliphatic hydroxyl groups excluding tert-OH is 1. The van der Waals surface area contributed by atoms with E-state index in [1.165, 1.54) is 0 Å². The van der Waals surface area contributed by atoms with Crippen LogP contribution in [0.5, 0.6) is 0 Å². The molecule has 0 saturated carbocycles.